The third-order valence-electron chi connectivity index (χ3n) is 5.73. The second kappa shape index (κ2) is 10.4. The zero-order valence-electron chi connectivity index (χ0n) is 19.5. The highest BCUT2D eigenvalue weighted by molar-refractivity contribution is 7.98. The minimum Gasteiger partial charge on any atom is -0.385 e. The second-order valence-electron chi connectivity index (χ2n) is 8.03. The number of para-hydroxylation sites is 1. The van der Waals surface area contributed by atoms with Gasteiger partial charge in [0.2, 0.25) is 0 Å². The Hall–Kier alpha value is -3.18. The third kappa shape index (κ3) is 4.58. The summed E-state index contributed by atoms with van der Waals surface area (Å²) in [7, 11) is 3.39. The van der Waals surface area contributed by atoms with Crippen molar-refractivity contribution in [1.82, 2.24) is 28.7 Å². The van der Waals surface area contributed by atoms with E-state index in [1.165, 1.54) is 16.3 Å². The average Bonchev–Trinajstić information content (AvgIpc) is 3.15. The molecule has 3 heterocycles. The SMILES string of the molecule is CCCCn1c(=O)[nH]c(=O)c2c1nc(CSc1nc3ccccc3c(=O)n1CCCOC)n2C. The Labute approximate surface area is 199 Å². The van der Waals surface area contributed by atoms with Crippen molar-refractivity contribution in [1.29, 1.82) is 0 Å². The number of aromatic nitrogens is 6. The molecule has 10 nitrogen and oxygen atoms in total. The Balaban J connectivity index is 1.73. The number of unbranched alkanes of at least 4 members (excludes halogenated alkanes) is 1. The first kappa shape index (κ1) is 24.0. The molecule has 0 aliphatic carbocycles. The monoisotopic (exact) mass is 484 g/mol. The number of methoxy groups -OCH3 is 1. The van der Waals surface area contributed by atoms with Crippen molar-refractivity contribution in [2.45, 2.75) is 50.2 Å². The number of hydrogen-bond acceptors (Lipinski definition) is 7. The zero-order valence-corrected chi connectivity index (χ0v) is 20.4. The fourth-order valence-corrected chi connectivity index (χ4v) is 4.90. The molecule has 0 radical (unpaired) electrons. The Kier molecular flexibility index (Phi) is 7.32. The van der Waals surface area contributed by atoms with Crippen LogP contribution < -0.4 is 16.8 Å². The molecule has 0 atom stereocenters. The molecule has 0 bridgehead atoms. The van der Waals surface area contributed by atoms with Gasteiger partial charge in [0, 0.05) is 33.9 Å². The number of H-pyrrole nitrogens is 1. The van der Waals surface area contributed by atoms with Gasteiger partial charge in [-0.05, 0) is 25.0 Å². The summed E-state index contributed by atoms with van der Waals surface area (Å²) in [6.07, 6.45) is 2.39. The number of ether oxygens (including phenoxy) is 1. The van der Waals surface area contributed by atoms with E-state index in [0.717, 1.165) is 12.8 Å². The van der Waals surface area contributed by atoms with Gasteiger partial charge in [-0.15, -0.1) is 0 Å². The third-order valence-corrected chi connectivity index (χ3v) is 6.70. The molecule has 0 aliphatic rings. The van der Waals surface area contributed by atoms with E-state index in [-0.39, 0.29) is 5.56 Å². The molecule has 0 amide bonds. The van der Waals surface area contributed by atoms with Crippen LogP contribution >= 0.6 is 11.8 Å². The summed E-state index contributed by atoms with van der Waals surface area (Å²) in [6.45, 7) is 3.53. The largest absolute Gasteiger partial charge is 0.385 e. The van der Waals surface area contributed by atoms with E-state index in [9.17, 15) is 14.4 Å². The van der Waals surface area contributed by atoms with Gasteiger partial charge in [0.25, 0.3) is 11.1 Å². The van der Waals surface area contributed by atoms with Gasteiger partial charge in [0.15, 0.2) is 16.3 Å². The molecule has 4 rings (SSSR count). The summed E-state index contributed by atoms with van der Waals surface area (Å²) in [5.74, 6) is 0.994. The molecule has 1 aromatic carbocycles. The number of nitrogens with one attached hydrogen (secondary N) is 1. The van der Waals surface area contributed by atoms with E-state index in [1.54, 1.807) is 29.4 Å². The molecule has 11 heteroatoms. The standard InChI is InChI=1S/C23H28N6O4S/c1-4-5-11-28-19-18(20(30)26-22(28)32)27(2)17(25-19)14-34-23-24-16-10-7-6-9-15(16)21(31)29(23)12-8-13-33-3/h6-7,9-10H,4-5,8,11-14H2,1-3H3,(H,26,30,32). The van der Waals surface area contributed by atoms with E-state index in [0.29, 0.717) is 64.9 Å². The van der Waals surface area contributed by atoms with Gasteiger partial charge < -0.3 is 9.30 Å². The van der Waals surface area contributed by atoms with Crippen molar-refractivity contribution in [2.75, 3.05) is 13.7 Å². The highest BCUT2D eigenvalue weighted by Crippen LogP contribution is 2.23. The number of imidazole rings is 1. The van der Waals surface area contributed by atoms with E-state index >= 15 is 0 Å². The molecule has 0 spiro atoms. The van der Waals surface area contributed by atoms with Gasteiger partial charge in [-0.2, -0.15) is 0 Å². The lowest BCUT2D eigenvalue weighted by Gasteiger charge is -2.13. The van der Waals surface area contributed by atoms with Gasteiger partial charge in [-0.3, -0.25) is 23.7 Å². The van der Waals surface area contributed by atoms with Crippen molar-refractivity contribution < 1.29 is 4.74 Å². The topological polar surface area (TPSA) is 117 Å². The molecule has 34 heavy (non-hydrogen) atoms. The summed E-state index contributed by atoms with van der Waals surface area (Å²) in [4.78, 5) is 49.8. The molecule has 4 aromatic rings. The van der Waals surface area contributed by atoms with Crippen LogP contribution in [0.1, 0.15) is 32.0 Å². The van der Waals surface area contributed by atoms with Crippen LogP contribution in [0.4, 0.5) is 0 Å². The number of nitrogens with zero attached hydrogens (tertiary/aromatic N) is 5. The van der Waals surface area contributed by atoms with E-state index in [2.05, 4.69) is 9.97 Å². The summed E-state index contributed by atoms with van der Waals surface area (Å²) in [5.41, 5.74) is 0.358. The fourth-order valence-electron chi connectivity index (χ4n) is 3.90. The van der Waals surface area contributed by atoms with Crippen molar-refractivity contribution in [3.05, 3.63) is 61.3 Å². The number of aryl methyl sites for hydroxylation is 2. The number of benzene rings is 1. The Morgan fingerprint density at radius 2 is 1.82 bits per heavy atom. The quantitative estimate of drug-likeness (QED) is 0.208. The Morgan fingerprint density at radius 3 is 2.59 bits per heavy atom. The van der Waals surface area contributed by atoms with Crippen molar-refractivity contribution in [3.8, 4) is 0 Å². The van der Waals surface area contributed by atoms with Crippen LogP contribution in [0.2, 0.25) is 0 Å². The lowest BCUT2D eigenvalue weighted by Crippen LogP contribution is -2.31. The maximum Gasteiger partial charge on any atom is 0.330 e. The van der Waals surface area contributed by atoms with Crippen LogP contribution in [0.15, 0.2) is 43.8 Å². The number of hydrogen-bond donors (Lipinski definition) is 1. The van der Waals surface area contributed by atoms with Gasteiger partial charge in [0.1, 0.15) is 5.82 Å². The van der Waals surface area contributed by atoms with Crippen LogP contribution in [0.3, 0.4) is 0 Å². The molecule has 180 valence electrons. The number of thioether (sulfide) groups is 1. The van der Waals surface area contributed by atoms with Crippen LogP contribution in [-0.4, -0.2) is 42.4 Å². The molecule has 1 N–H and O–H groups in total. The first-order valence-electron chi connectivity index (χ1n) is 11.3. The summed E-state index contributed by atoms with van der Waals surface area (Å²) >= 11 is 1.38. The maximum atomic E-state index is 13.2. The fraction of sp³-hybridized carbons (Fsp3) is 0.435. The highest BCUT2D eigenvalue weighted by Gasteiger charge is 2.18. The van der Waals surface area contributed by atoms with E-state index in [1.807, 2.05) is 25.1 Å². The first-order chi connectivity index (χ1) is 16.5. The highest BCUT2D eigenvalue weighted by atomic mass is 32.2. The summed E-state index contributed by atoms with van der Waals surface area (Å²) in [5, 5.41) is 1.14. The lowest BCUT2D eigenvalue weighted by molar-refractivity contribution is 0.189. The van der Waals surface area contributed by atoms with Gasteiger partial charge >= 0.3 is 5.69 Å². The second-order valence-corrected chi connectivity index (χ2v) is 8.97. The van der Waals surface area contributed by atoms with Crippen LogP contribution in [0.5, 0.6) is 0 Å². The van der Waals surface area contributed by atoms with Gasteiger partial charge in [-0.25, -0.2) is 14.8 Å². The number of fused-ring (bicyclic) bond motifs is 2. The van der Waals surface area contributed by atoms with Gasteiger partial charge in [0.05, 0.1) is 16.7 Å². The lowest BCUT2D eigenvalue weighted by atomic mass is 10.2. The molecular formula is C23H28N6O4S. The minimum atomic E-state index is -0.459. The predicted molar refractivity (Wildman–Crippen MR) is 133 cm³/mol. The van der Waals surface area contributed by atoms with Crippen LogP contribution in [0.25, 0.3) is 22.1 Å². The number of rotatable bonds is 10. The molecule has 0 unspecified atom stereocenters. The molecule has 0 saturated heterocycles. The smallest absolute Gasteiger partial charge is 0.330 e. The summed E-state index contributed by atoms with van der Waals surface area (Å²) in [6, 6.07) is 7.28. The average molecular weight is 485 g/mol. The van der Waals surface area contributed by atoms with Crippen molar-refractivity contribution in [3.63, 3.8) is 0 Å². The molecular weight excluding hydrogens is 456 g/mol. The Bertz CT molecular complexity index is 1500. The molecule has 3 aromatic heterocycles. The normalized spacial score (nSPS) is 11.6. The van der Waals surface area contributed by atoms with Crippen molar-refractivity contribution in [2.24, 2.45) is 7.05 Å². The van der Waals surface area contributed by atoms with Crippen LogP contribution in [-0.2, 0) is 30.6 Å². The molecule has 0 aliphatic heterocycles. The first-order valence-corrected chi connectivity index (χ1v) is 12.2. The molecule has 0 saturated carbocycles. The predicted octanol–water partition coefficient (Wildman–Crippen LogP) is 2.26. The minimum absolute atomic E-state index is 0.0981. The van der Waals surface area contributed by atoms with E-state index < -0.39 is 11.2 Å². The molecule has 0 fully saturated rings. The Morgan fingerprint density at radius 1 is 1.06 bits per heavy atom. The van der Waals surface area contributed by atoms with E-state index in [4.69, 9.17) is 9.72 Å². The van der Waals surface area contributed by atoms with Gasteiger partial charge in [-0.1, -0.05) is 37.2 Å². The zero-order chi connectivity index (χ0) is 24.2. The summed E-state index contributed by atoms with van der Waals surface area (Å²) < 4.78 is 10.0. The van der Waals surface area contributed by atoms with Crippen molar-refractivity contribution >= 4 is 33.8 Å². The maximum absolute atomic E-state index is 13.2. The van der Waals surface area contributed by atoms with Crippen LogP contribution in [0, 0.1) is 0 Å². The number of aromatic amines is 1.